The third-order valence-electron chi connectivity index (χ3n) is 5.92. The summed E-state index contributed by atoms with van der Waals surface area (Å²) in [4.78, 5) is 39.9. The van der Waals surface area contributed by atoms with Crippen molar-refractivity contribution < 1.29 is 28.2 Å². The van der Waals surface area contributed by atoms with Crippen molar-refractivity contribution in [3.05, 3.63) is 63.1 Å². The minimum absolute atomic E-state index is 0.0306. The lowest BCUT2D eigenvalue weighted by atomic mass is 9.99. The van der Waals surface area contributed by atoms with Gasteiger partial charge < -0.3 is 20.1 Å². The predicted octanol–water partition coefficient (Wildman–Crippen LogP) is 1.17. The third-order valence-corrected chi connectivity index (χ3v) is 5.92. The Hall–Kier alpha value is -3.47. The van der Waals surface area contributed by atoms with Crippen LogP contribution in [0.4, 0.5) is 8.78 Å². The first-order valence-corrected chi connectivity index (χ1v) is 10.6. The van der Waals surface area contributed by atoms with Crippen LogP contribution in [0.1, 0.15) is 39.3 Å². The van der Waals surface area contributed by atoms with E-state index >= 15 is 0 Å². The maximum absolute atomic E-state index is 13.8. The number of hydrogen-bond acceptors (Lipinski definition) is 6. The molecule has 0 unspecified atom stereocenters. The van der Waals surface area contributed by atoms with Gasteiger partial charge in [0.05, 0.1) is 0 Å². The van der Waals surface area contributed by atoms with Gasteiger partial charge in [-0.05, 0) is 24.8 Å². The molecule has 0 saturated carbocycles. The van der Waals surface area contributed by atoms with Crippen LogP contribution in [0.5, 0.6) is 5.75 Å². The molecular weight excluding hydrogens is 438 g/mol. The molecule has 176 valence electrons. The van der Waals surface area contributed by atoms with Crippen molar-refractivity contribution in [2.24, 2.45) is 5.92 Å². The second-order valence-corrected chi connectivity index (χ2v) is 8.21. The Morgan fingerprint density at radius 1 is 1.24 bits per heavy atom. The second-order valence-electron chi connectivity index (χ2n) is 8.21. The van der Waals surface area contributed by atoms with E-state index in [1.165, 1.54) is 16.9 Å². The minimum Gasteiger partial charge on any atom is -0.502 e. The maximum Gasteiger partial charge on any atom is 0.277 e. The SMILES string of the molecule is CN1CN(CC2CCOCC2)C(=O)c2c(O)c(=O)c(C(=O)NCc3ccc(F)cc3F)cn21. The van der Waals surface area contributed by atoms with Gasteiger partial charge in [-0.15, -0.1) is 0 Å². The van der Waals surface area contributed by atoms with Crippen molar-refractivity contribution in [1.29, 1.82) is 0 Å². The zero-order valence-electron chi connectivity index (χ0n) is 18.0. The van der Waals surface area contributed by atoms with Crippen LogP contribution in [0.2, 0.25) is 0 Å². The molecule has 1 saturated heterocycles. The molecule has 33 heavy (non-hydrogen) atoms. The first-order valence-electron chi connectivity index (χ1n) is 10.6. The summed E-state index contributed by atoms with van der Waals surface area (Å²) in [5.41, 5.74) is -1.60. The Morgan fingerprint density at radius 3 is 2.67 bits per heavy atom. The van der Waals surface area contributed by atoms with Crippen molar-refractivity contribution in [1.82, 2.24) is 14.9 Å². The first kappa shape index (κ1) is 22.7. The van der Waals surface area contributed by atoms with Crippen molar-refractivity contribution in [3.8, 4) is 5.75 Å². The van der Waals surface area contributed by atoms with E-state index in [1.807, 2.05) is 0 Å². The quantitative estimate of drug-likeness (QED) is 0.692. The number of carbonyl (C=O) groups excluding carboxylic acids is 2. The standard InChI is InChI=1S/C22H24F2N4O5/c1-26-12-27(10-13-4-6-33-7-5-13)22(32)18-20(30)19(29)16(11-28(18)26)21(31)25-9-14-2-3-15(23)8-17(14)24/h2-3,8,11,13,30H,4-7,9-10,12H2,1H3,(H,25,31). The van der Waals surface area contributed by atoms with Crippen molar-refractivity contribution >= 4 is 11.8 Å². The molecule has 2 aromatic rings. The molecule has 0 atom stereocenters. The van der Waals surface area contributed by atoms with E-state index in [9.17, 15) is 28.3 Å². The Kier molecular flexibility index (Phi) is 6.32. The fourth-order valence-electron chi connectivity index (χ4n) is 4.07. The van der Waals surface area contributed by atoms with Gasteiger partial charge in [0.25, 0.3) is 11.8 Å². The molecule has 4 rings (SSSR count). The molecule has 2 aliphatic rings. The molecule has 11 heteroatoms. The average molecular weight is 462 g/mol. The van der Waals surface area contributed by atoms with E-state index in [-0.39, 0.29) is 30.4 Å². The van der Waals surface area contributed by atoms with E-state index in [0.29, 0.717) is 25.8 Å². The van der Waals surface area contributed by atoms with Crippen LogP contribution in [-0.2, 0) is 11.3 Å². The molecule has 1 aromatic heterocycles. The van der Waals surface area contributed by atoms with Gasteiger partial charge >= 0.3 is 0 Å². The number of nitrogens with zero attached hydrogens (tertiary/aromatic N) is 3. The molecule has 1 fully saturated rings. The second kappa shape index (κ2) is 9.18. The molecule has 2 N–H and O–H groups in total. The number of pyridine rings is 1. The van der Waals surface area contributed by atoms with Gasteiger partial charge in [0, 0.05) is 51.2 Å². The van der Waals surface area contributed by atoms with Gasteiger partial charge in [-0.1, -0.05) is 6.07 Å². The summed E-state index contributed by atoms with van der Waals surface area (Å²) in [5, 5.41) is 14.5. The monoisotopic (exact) mass is 462 g/mol. The predicted molar refractivity (Wildman–Crippen MR) is 113 cm³/mol. The number of ether oxygens (including phenoxy) is 1. The normalized spacial score (nSPS) is 16.6. The topological polar surface area (TPSA) is 104 Å². The van der Waals surface area contributed by atoms with Crippen LogP contribution in [0, 0.1) is 17.6 Å². The lowest BCUT2D eigenvalue weighted by molar-refractivity contribution is 0.0419. The van der Waals surface area contributed by atoms with Gasteiger partial charge in [0.15, 0.2) is 11.4 Å². The smallest absolute Gasteiger partial charge is 0.277 e. The molecule has 0 radical (unpaired) electrons. The van der Waals surface area contributed by atoms with Crippen molar-refractivity contribution in [2.75, 3.05) is 38.5 Å². The summed E-state index contributed by atoms with van der Waals surface area (Å²) in [6.45, 7) is 1.63. The van der Waals surface area contributed by atoms with Crippen LogP contribution in [-0.4, -0.2) is 60.0 Å². The van der Waals surface area contributed by atoms with Crippen LogP contribution >= 0.6 is 0 Å². The number of carbonyl (C=O) groups is 2. The average Bonchev–Trinajstić information content (AvgIpc) is 2.79. The number of fused-ring (bicyclic) bond motifs is 1. The summed E-state index contributed by atoms with van der Waals surface area (Å²) < 4.78 is 33.5. The van der Waals surface area contributed by atoms with E-state index in [4.69, 9.17) is 4.74 Å². The Balaban J connectivity index is 1.56. The first-order chi connectivity index (χ1) is 15.8. The Bertz CT molecular complexity index is 1150. The molecule has 9 nitrogen and oxygen atoms in total. The molecule has 2 aliphatic heterocycles. The van der Waals surface area contributed by atoms with Gasteiger partial charge in [-0.25, -0.2) is 8.78 Å². The number of amides is 2. The van der Waals surface area contributed by atoms with Crippen LogP contribution < -0.4 is 15.8 Å². The van der Waals surface area contributed by atoms with Gasteiger partial charge in [0.2, 0.25) is 5.43 Å². The molecule has 0 spiro atoms. The molecule has 0 aliphatic carbocycles. The number of aromatic nitrogens is 1. The largest absolute Gasteiger partial charge is 0.502 e. The number of nitrogens with one attached hydrogen (secondary N) is 1. The number of benzene rings is 1. The van der Waals surface area contributed by atoms with Crippen molar-refractivity contribution in [2.45, 2.75) is 19.4 Å². The van der Waals surface area contributed by atoms with Crippen molar-refractivity contribution in [3.63, 3.8) is 0 Å². The molecule has 0 bridgehead atoms. The van der Waals surface area contributed by atoms with Crippen LogP contribution in [0.25, 0.3) is 0 Å². The molecule has 3 heterocycles. The Labute approximate surface area is 188 Å². The highest BCUT2D eigenvalue weighted by Crippen LogP contribution is 2.24. The zero-order chi connectivity index (χ0) is 23.7. The number of halogens is 2. The van der Waals surface area contributed by atoms with Gasteiger partial charge in [-0.3, -0.25) is 24.1 Å². The minimum atomic E-state index is -1.01. The highest BCUT2D eigenvalue weighted by molar-refractivity contribution is 5.99. The molecule has 2 amide bonds. The van der Waals surface area contributed by atoms with Crippen LogP contribution in [0.3, 0.4) is 0 Å². The third kappa shape index (κ3) is 4.54. The molecular formula is C22H24F2N4O5. The lowest BCUT2D eigenvalue weighted by Crippen LogP contribution is -2.54. The lowest BCUT2D eigenvalue weighted by Gasteiger charge is -2.39. The molecule has 1 aromatic carbocycles. The highest BCUT2D eigenvalue weighted by atomic mass is 19.1. The van der Waals surface area contributed by atoms with E-state index in [0.717, 1.165) is 18.9 Å². The number of rotatable bonds is 5. The summed E-state index contributed by atoms with van der Waals surface area (Å²) in [5.74, 6) is -3.53. The maximum atomic E-state index is 13.8. The number of hydrogen-bond donors (Lipinski definition) is 2. The van der Waals surface area contributed by atoms with Gasteiger partial charge in [0.1, 0.15) is 23.9 Å². The summed E-state index contributed by atoms with van der Waals surface area (Å²) in [6.07, 6.45) is 2.82. The fourth-order valence-corrected chi connectivity index (χ4v) is 4.07. The van der Waals surface area contributed by atoms with E-state index < -0.39 is 40.2 Å². The fraction of sp³-hybridized carbons (Fsp3) is 0.409. The van der Waals surface area contributed by atoms with E-state index in [1.54, 1.807) is 17.0 Å². The summed E-state index contributed by atoms with van der Waals surface area (Å²) in [7, 11) is 1.66. The van der Waals surface area contributed by atoms with E-state index in [2.05, 4.69) is 5.32 Å². The van der Waals surface area contributed by atoms with Crippen LogP contribution in [0.15, 0.2) is 29.2 Å². The number of aromatic hydroxyl groups is 1. The van der Waals surface area contributed by atoms with Gasteiger partial charge in [-0.2, -0.15) is 0 Å². The Morgan fingerprint density at radius 2 is 1.97 bits per heavy atom. The zero-order valence-corrected chi connectivity index (χ0v) is 18.0. The highest BCUT2D eigenvalue weighted by Gasteiger charge is 2.34. The summed E-state index contributed by atoms with van der Waals surface area (Å²) in [6, 6.07) is 2.92. The summed E-state index contributed by atoms with van der Waals surface area (Å²) >= 11 is 0.